The van der Waals surface area contributed by atoms with E-state index in [0.717, 1.165) is 50.4 Å². The Morgan fingerprint density at radius 1 is 1.18 bits per heavy atom. The summed E-state index contributed by atoms with van der Waals surface area (Å²) in [4.78, 5) is 20.8. The van der Waals surface area contributed by atoms with Crippen LogP contribution >= 0.6 is 11.3 Å². The molecule has 2 heterocycles. The molecule has 4 nitrogen and oxygen atoms in total. The van der Waals surface area contributed by atoms with Gasteiger partial charge in [0.25, 0.3) is 0 Å². The first-order valence-corrected chi connectivity index (χ1v) is 11.2. The molecule has 0 spiro atoms. The van der Waals surface area contributed by atoms with Crippen LogP contribution in [0.25, 0.3) is 10.6 Å². The predicted octanol–water partition coefficient (Wildman–Crippen LogP) is 4.86. The molecule has 5 heteroatoms. The Balaban J connectivity index is 0.000000209. The molecule has 2 aromatic rings. The van der Waals surface area contributed by atoms with Crippen LogP contribution in [0.3, 0.4) is 0 Å². The van der Waals surface area contributed by atoms with E-state index >= 15 is 0 Å². The summed E-state index contributed by atoms with van der Waals surface area (Å²) >= 11 is 1.82. The van der Waals surface area contributed by atoms with Gasteiger partial charge in [-0.25, -0.2) is 4.98 Å². The topological polar surface area (TPSA) is 36.4 Å². The molecule has 1 aromatic carbocycles. The fourth-order valence-corrected chi connectivity index (χ4v) is 4.65. The van der Waals surface area contributed by atoms with Crippen LogP contribution in [0.2, 0.25) is 0 Å². The Morgan fingerprint density at radius 2 is 1.89 bits per heavy atom. The highest BCUT2D eigenvalue weighted by molar-refractivity contribution is 7.15. The summed E-state index contributed by atoms with van der Waals surface area (Å²) in [6.07, 6.45) is 3.18. The van der Waals surface area contributed by atoms with Crippen LogP contribution in [-0.2, 0) is 11.2 Å². The SMILES string of the molecule is CCN(CC)C1CCN(C=O)C1.CCc1sc(-c2ccc(C)c(C)c2)nc1C. The molecule has 1 aliphatic rings. The molecule has 0 N–H and O–H groups in total. The Morgan fingerprint density at radius 3 is 2.39 bits per heavy atom. The van der Waals surface area contributed by atoms with Gasteiger partial charge >= 0.3 is 0 Å². The summed E-state index contributed by atoms with van der Waals surface area (Å²) in [7, 11) is 0. The largest absolute Gasteiger partial charge is 0.344 e. The highest BCUT2D eigenvalue weighted by atomic mass is 32.1. The molecule has 1 amide bonds. The van der Waals surface area contributed by atoms with Crippen LogP contribution in [0.15, 0.2) is 18.2 Å². The van der Waals surface area contributed by atoms with Crippen LogP contribution < -0.4 is 0 Å². The lowest BCUT2D eigenvalue weighted by Crippen LogP contribution is -2.37. The number of aryl methyl sites for hydroxylation is 4. The third-order valence-corrected chi connectivity index (χ3v) is 6.99. The minimum absolute atomic E-state index is 0.602. The van der Waals surface area contributed by atoms with E-state index in [1.807, 2.05) is 16.2 Å². The smallest absolute Gasteiger partial charge is 0.209 e. The molecule has 0 bridgehead atoms. The van der Waals surface area contributed by atoms with Crippen LogP contribution in [-0.4, -0.2) is 53.4 Å². The van der Waals surface area contributed by atoms with Crippen molar-refractivity contribution >= 4 is 17.7 Å². The molecular weight excluding hydrogens is 366 g/mol. The molecular formula is C23H35N3OS. The van der Waals surface area contributed by atoms with Gasteiger partial charge in [0, 0.05) is 29.6 Å². The molecule has 0 saturated carbocycles. The maximum Gasteiger partial charge on any atom is 0.209 e. The zero-order valence-electron chi connectivity index (χ0n) is 18.3. The number of aromatic nitrogens is 1. The van der Waals surface area contributed by atoms with Gasteiger partial charge in [0.15, 0.2) is 0 Å². The zero-order valence-corrected chi connectivity index (χ0v) is 19.1. The standard InChI is InChI=1S/C14H17NS.C9H18N2O/c1-5-13-11(4)15-14(16-13)12-7-6-9(2)10(3)8-12;1-3-11(4-2)9-5-6-10(7-9)8-12/h6-8H,5H2,1-4H3;8-9H,3-7H2,1-2H3. The summed E-state index contributed by atoms with van der Waals surface area (Å²) in [5, 5.41) is 1.15. The minimum Gasteiger partial charge on any atom is -0.344 e. The lowest BCUT2D eigenvalue weighted by atomic mass is 10.1. The van der Waals surface area contributed by atoms with Gasteiger partial charge in [-0.1, -0.05) is 32.9 Å². The Bertz CT molecular complexity index is 767. The second-order valence-corrected chi connectivity index (χ2v) is 8.53. The number of benzene rings is 1. The summed E-state index contributed by atoms with van der Waals surface area (Å²) in [6.45, 7) is 17.0. The maximum atomic E-state index is 10.5. The van der Waals surface area contributed by atoms with E-state index in [2.05, 4.69) is 69.6 Å². The molecule has 1 aromatic heterocycles. The van der Waals surface area contributed by atoms with Crippen molar-refractivity contribution in [3.8, 4) is 10.6 Å². The van der Waals surface area contributed by atoms with Crippen molar-refractivity contribution in [1.29, 1.82) is 0 Å². The fourth-order valence-electron chi connectivity index (χ4n) is 3.66. The van der Waals surface area contributed by atoms with Gasteiger partial charge in [0.2, 0.25) is 6.41 Å². The molecule has 1 aliphatic heterocycles. The quantitative estimate of drug-likeness (QED) is 0.649. The van der Waals surface area contributed by atoms with Gasteiger partial charge in [0.05, 0.1) is 5.69 Å². The van der Waals surface area contributed by atoms with Gasteiger partial charge in [-0.3, -0.25) is 9.69 Å². The first-order chi connectivity index (χ1) is 13.4. The molecule has 1 saturated heterocycles. The van der Waals surface area contributed by atoms with Gasteiger partial charge in [-0.15, -0.1) is 11.3 Å². The maximum absolute atomic E-state index is 10.5. The van der Waals surface area contributed by atoms with Gasteiger partial charge in [0.1, 0.15) is 5.01 Å². The third kappa shape index (κ3) is 5.65. The van der Waals surface area contributed by atoms with Gasteiger partial charge in [-0.05, 0) is 63.9 Å². The molecule has 154 valence electrons. The van der Waals surface area contributed by atoms with Crippen molar-refractivity contribution in [3.63, 3.8) is 0 Å². The van der Waals surface area contributed by atoms with Crippen LogP contribution in [0.1, 0.15) is 48.9 Å². The van der Waals surface area contributed by atoms with Crippen LogP contribution in [0.5, 0.6) is 0 Å². The van der Waals surface area contributed by atoms with E-state index in [0.29, 0.717) is 6.04 Å². The number of nitrogens with zero attached hydrogens (tertiary/aromatic N) is 3. The molecule has 1 unspecified atom stereocenters. The van der Waals surface area contributed by atoms with Gasteiger partial charge in [-0.2, -0.15) is 0 Å². The van der Waals surface area contributed by atoms with E-state index in [-0.39, 0.29) is 0 Å². The number of hydrogen-bond acceptors (Lipinski definition) is 4. The van der Waals surface area contributed by atoms with Crippen molar-refractivity contribution in [2.45, 2.75) is 60.4 Å². The summed E-state index contributed by atoms with van der Waals surface area (Å²) < 4.78 is 0. The van der Waals surface area contributed by atoms with Gasteiger partial charge < -0.3 is 4.90 Å². The van der Waals surface area contributed by atoms with E-state index in [9.17, 15) is 4.79 Å². The van der Waals surface area contributed by atoms with Crippen molar-refractivity contribution in [3.05, 3.63) is 39.9 Å². The van der Waals surface area contributed by atoms with Crippen molar-refractivity contribution < 1.29 is 4.79 Å². The highest BCUT2D eigenvalue weighted by Crippen LogP contribution is 2.29. The number of likely N-dealkylation sites (tertiary alicyclic amines) is 1. The number of carbonyl (C=O) groups excluding carboxylic acids is 1. The molecule has 1 atom stereocenters. The average Bonchev–Trinajstić information content (AvgIpc) is 3.32. The first-order valence-electron chi connectivity index (χ1n) is 10.4. The Kier molecular flexibility index (Phi) is 8.64. The lowest BCUT2D eigenvalue weighted by molar-refractivity contribution is -0.117. The second kappa shape index (κ2) is 10.7. The van der Waals surface area contributed by atoms with Crippen molar-refractivity contribution in [1.82, 2.24) is 14.8 Å². The number of likely N-dealkylation sites (N-methyl/N-ethyl adjacent to an activating group) is 1. The predicted molar refractivity (Wildman–Crippen MR) is 120 cm³/mol. The fraction of sp³-hybridized carbons (Fsp3) is 0.565. The molecule has 0 radical (unpaired) electrons. The Labute approximate surface area is 174 Å². The third-order valence-electron chi connectivity index (χ3n) is 5.64. The normalized spacial score (nSPS) is 16.2. The second-order valence-electron chi connectivity index (χ2n) is 7.44. The van der Waals surface area contributed by atoms with E-state index in [1.165, 1.54) is 27.3 Å². The van der Waals surface area contributed by atoms with Crippen LogP contribution in [0, 0.1) is 20.8 Å². The zero-order chi connectivity index (χ0) is 20.7. The number of amides is 1. The van der Waals surface area contributed by atoms with E-state index < -0.39 is 0 Å². The van der Waals surface area contributed by atoms with E-state index in [4.69, 9.17) is 0 Å². The number of hydrogen-bond donors (Lipinski definition) is 0. The molecule has 1 fully saturated rings. The minimum atomic E-state index is 0.602. The van der Waals surface area contributed by atoms with Crippen molar-refractivity contribution in [2.75, 3.05) is 26.2 Å². The lowest BCUT2D eigenvalue weighted by Gasteiger charge is -2.25. The molecule has 28 heavy (non-hydrogen) atoms. The van der Waals surface area contributed by atoms with E-state index in [1.54, 1.807) is 0 Å². The summed E-state index contributed by atoms with van der Waals surface area (Å²) in [5.41, 5.74) is 5.10. The monoisotopic (exact) mass is 401 g/mol. The van der Waals surface area contributed by atoms with Crippen molar-refractivity contribution in [2.24, 2.45) is 0 Å². The number of rotatable bonds is 6. The van der Waals surface area contributed by atoms with Crippen LogP contribution in [0.4, 0.5) is 0 Å². The first kappa shape index (κ1) is 22.6. The summed E-state index contributed by atoms with van der Waals surface area (Å²) in [5.74, 6) is 0. The number of carbonyl (C=O) groups is 1. The number of thiazole rings is 1. The molecule has 0 aliphatic carbocycles. The average molecular weight is 402 g/mol. The Hall–Kier alpha value is -1.72. The summed E-state index contributed by atoms with van der Waals surface area (Å²) in [6, 6.07) is 7.17. The molecule has 3 rings (SSSR count). The highest BCUT2D eigenvalue weighted by Gasteiger charge is 2.24.